The number of benzene rings is 3. The number of esters is 1. The highest BCUT2D eigenvalue weighted by molar-refractivity contribution is 5.89. The standard InChI is InChI=1S/C26H19F3O6/c1-32-18-9-7-16(8-10-18)22-23(30)20-12-11-19(13-21(20)35-24(22)26(27,28)29)34-14-15-3-5-17(6-4-15)25(31)33-2/h3-13H,14H2,1-2H3. The third-order valence-corrected chi connectivity index (χ3v) is 5.28. The van der Waals surface area contributed by atoms with Gasteiger partial charge in [-0.1, -0.05) is 24.3 Å². The van der Waals surface area contributed by atoms with Crippen LogP contribution in [0.3, 0.4) is 0 Å². The highest BCUT2D eigenvalue weighted by Gasteiger charge is 2.39. The Morgan fingerprint density at radius 1 is 0.914 bits per heavy atom. The van der Waals surface area contributed by atoms with E-state index < -0.39 is 28.9 Å². The molecular formula is C26H19F3O6. The van der Waals surface area contributed by atoms with Gasteiger partial charge in [-0.15, -0.1) is 0 Å². The van der Waals surface area contributed by atoms with E-state index in [1.807, 2.05) is 0 Å². The van der Waals surface area contributed by atoms with Crippen LogP contribution in [0, 0.1) is 0 Å². The lowest BCUT2D eigenvalue weighted by atomic mass is 10.0. The zero-order chi connectivity index (χ0) is 25.2. The van der Waals surface area contributed by atoms with E-state index in [0.717, 1.165) is 0 Å². The second-order valence-electron chi connectivity index (χ2n) is 7.50. The number of fused-ring (bicyclic) bond motifs is 1. The molecule has 3 aromatic carbocycles. The zero-order valence-corrected chi connectivity index (χ0v) is 18.6. The van der Waals surface area contributed by atoms with Crippen LogP contribution in [0.5, 0.6) is 11.5 Å². The smallest absolute Gasteiger partial charge is 0.450 e. The van der Waals surface area contributed by atoms with Crippen LogP contribution in [0.2, 0.25) is 0 Å². The first-order valence-electron chi connectivity index (χ1n) is 10.3. The van der Waals surface area contributed by atoms with Gasteiger partial charge in [-0.05, 0) is 47.5 Å². The number of halogens is 3. The fraction of sp³-hybridized carbons (Fsp3) is 0.154. The molecular weight excluding hydrogens is 465 g/mol. The molecule has 0 saturated heterocycles. The molecule has 4 rings (SSSR count). The van der Waals surface area contributed by atoms with E-state index in [-0.39, 0.29) is 28.9 Å². The summed E-state index contributed by atoms with van der Waals surface area (Å²) >= 11 is 0. The van der Waals surface area contributed by atoms with Gasteiger partial charge in [-0.2, -0.15) is 13.2 Å². The lowest BCUT2D eigenvalue weighted by molar-refractivity contribution is -0.152. The van der Waals surface area contributed by atoms with Crippen molar-refractivity contribution in [1.29, 1.82) is 0 Å². The molecule has 0 aliphatic rings. The van der Waals surface area contributed by atoms with E-state index in [0.29, 0.717) is 16.9 Å². The van der Waals surface area contributed by atoms with Gasteiger partial charge in [0, 0.05) is 6.07 Å². The van der Waals surface area contributed by atoms with Crippen molar-refractivity contribution in [2.45, 2.75) is 12.8 Å². The van der Waals surface area contributed by atoms with Crippen molar-refractivity contribution in [3.63, 3.8) is 0 Å². The van der Waals surface area contributed by atoms with Gasteiger partial charge in [-0.25, -0.2) is 4.79 Å². The Balaban J connectivity index is 1.68. The molecule has 0 amide bonds. The van der Waals surface area contributed by atoms with Gasteiger partial charge in [0.25, 0.3) is 0 Å². The molecule has 1 heterocycles. The van der Waals surface area contributed by atoms with Gasteiger partial charge < -0.3 is 18.6 Å². The largest absolute Gasteiger partial charge is 0.497 e. The van der Waals surface area contributed by atoms with Crippen LogP contribution >= 0.6 is 0 Å². The minimum Gasteiger partial charge on any atom is -0.497 e. The van der Waals surface area contributed by atoms with Crippen molar-refractivity contribution in [2.75, 3.05) is 14.2 Å². The van der Waals surface area contributed by atoms with E-state index in [1.165, 1.54) is 56.7 Å². The molecule has 180 valence electrons. The Bertz CT molecular complexity index is 1420. The lowest BCUT2D eigenvalue weighted by Gasteiger charge is -2.14. The molecule has 0 spiro atoms. The van der Waals surface area contributed by atoms with E-state index in [2.05, 4.69) is 4.74 Å². The molecule has 0 fully saturated rings. The maximum atomic E-state index is 13.9. The monoisotopic (exact) mass is 484 g/mol. The molecule has 0 N–H and O–H groups in total. The van der Waals surface area contributed by atoms with Crippen LogP contribution in [0.25, 0.3) is 22.1 Å². The second kappa shape index (κ2) is 9.54. The van der Waals surface area contributed by atoms with Crippen LogP contribution in [-0.4, -0.2) is 20.2 Å². The highest BCUT2D eigenvalue weighted by atomic mass is 19.4. The Morgan fingerprint density at radius 2 is 1.57 bits per heavy atom. The fourth-order valence-corrected chi connectivity index (χ4v) is 3.50. The molecule has 35 heavy (non-hydrogen) atoms. The number of ether oxygens (including phenoxy) is 3. The first-order valence-corrected chi connectivity index (χ1v) is 10.3. The van der Waals surface area contributed by atoms with Gasteiger partial charge in [0.05, 0.1) is 30.7 Å². The number of carbonyl (C=O) groups is 1. The van der Waals surface area contributed by atoms with Crippen LogP contribution in [0.4, 0.5) is 13.2 Å². The molecule has 0 unspecified atom stereocenters. The molecule has 0 radical (unpaired) electrons. The molecule has 1 aromatic heterocycles. The third-order valence-electron chi connectivity index (χ3n) is 5.28. The Morgan fingerprint density at radius 3 is 2.17 bits per heavy atom. The van der Waals surface area contributed by atoms with E-state index in [4.69, 9.17) is 13.9 Å². The number of rotatable bonds is 6. The average molecular weight is 484 g/mol. The molecule has 9 heteroatoms. The van der Waals surface area contributed by atoms with Crippen LogP contribution in [0.15, 0.2) is 75.9 Å². The van der Waals surface area contributed by atoms with Crippen molar-refractivity contribution >= 4 is 16.9 Å². The molecule has 6 nitrogen and oxygen atoms in total. The van der Waals surface area contributed by atoms with Crippen LogP contribution in [-0.2, 0) is 17.5 Å². The minimum atomic E-state index is -4.90. The summed E-state index contributed by atoms with van der Waals surface area (Å²) in [5, 5.41) is -0.0152. The summed E-state index contributed by atoms with van der Waals surface area (Å²) in [5.41, 5.74) is -0.496. The lowest BCUT2D eigenvalue weighted by Crippen LogP contribution is -2.16. The summed E-state index contributed by atoms with van der Waals surface area (Å²) in [6.07, 6.45) is -4.90. The van der Waals surface area contributed by atoms with Crippen molar-refractivity contribution in [3.05, 3.63) is 93.8 Å². The maximum absolute atomic E-state index is 13.9. The SMILES string of the molecule is COC(=O)c1ccc(COc2ccc3c(=O)c(-c4ccc(OC)cc4)c(C(F)(F)F)oc3c2)cc1. The number of carbonyl (C=O) groups excluding carboxylic acids is 1. The highest BCUT2D eigenvalue weighted by Crippen LogP contribution is 2.38. The Kier molecular flexibility index (Phi) is 6.50. The van der Waals surface area contributed by atoms with Gasteiger partial charge in [0.15, 0.2) is 0 Å². The summed E-state index contributed by atoms with van der Waals surface area (Å²) < 4.78 is 62.1. The number of hydrogen-bond donors (Lipinski definition) is 0. The molecule has 0 aliphatic carbocycles. The molecule has 0 aliphatic heterocycles. The first-order chi connectivity index (χ1) is 16.7. The van der Waals surface area contributed by atoms with Gasteiger partial charge >= 0.3 is 12.1 Å². The fourth-order valence-electron chi connectivity index (χ4n) is 3.50. The zero-order valence-electron chi connectivity index (χ0n) is 18.6. The molecule has 0 atom stereocenters. The summed E-state index contributed by atoms with van der Waals surface area (Å²) in [5.74, 6) is -1.22. The number of hydrogen-bond acceptors (Lipinski definition) is 6. The number of methoxy groups -OCH3 is 2. The van der Waals surface area contributed by atoms with Gasteiger partial charge in [0.2, 0.25) is 11.2 Å². The van der Waals surface area contributed by atoms with Gasteiger partial charge in [0.1, 0.15) is 23.7 Å². The molecule has 0 bridgehead atoms. The minimum absolute atomic E-state index is 0.0152. The number of alkyl halides is 3. The van der Waals surface area contributed by atoms with E-state index in [1.54, 1.807) is 24.3 Å². The summed E-state index contributed by atoms with van der Waals surface area (Å²) in [4.78, 5) is 24.6. The predicted molar refractivity (Wildman–Crippen MR) is 122 cm³/mol. The van der Waals surface area contributed by atoms with Crippen LogP contribution < -0.4 is 14.9 Å². The molecule has 4 aromatic rings. The van der Waals surface area contributed by atoms with Crippen molar-refractivity contribution < 1.29 is 36.6 Å². The summed E-state index contributed by atoms with van der Waals surface area (Å²) in [6.45, 7) is 0.0766. The third kappa shape index (κ3) is 4.98. The summed E-state index contributed by atoms with van der Waals surface area (Å²) in [6, 6.07) is 16.2. The Labute approximate surface area is 197 Å². The van der Waals surface area contributed by atoms with E-state index in [9.17, 15) is 22.8 Å². The topological polar surface area (TPSA) is 75.0 Å². The second-order valence-corrected chi connectivity index (χ2v) is 7.50. The first kappa shape index (κ1) is 23.9. The normalized spacial score (nSPS) is 11.3. The van der Waals surface area contributed by atoms with Crippen LogP contribution in [0.1, 0.15) is 21.7 Å². The molecule has 0 saturated carbocycles. The predicted octanol–water partition coefficient (Wildman–Crippen LogP) is 5.85. The summed E-state index contributed by atoms with van der Waals surface area (Å²) in [7, 11) is 2.71. The van der Waals surface area contributed by atoms with Gasteiger partial charge in [-0.3, -0.25) is 4.79 Å². The average Bonchev–Trinajstić information content (AvgIpc) is 2.86. The maximum Gasteiger partial charge on any atom is 0.450 e. The van der Waals surface area contributed by atoms with E-state index >= 15 is 0 Å². The quantitative estimate of drug-likeness (QED) is 0.320. The van der Waals surface area contributed by atoms with Crippen molar-refractivity contribution in [2.24, 2.45) is 0 Å². The Hall–Kier alpha value is -4.27. The van der Waals surface area contributed by atoms with Crippen molar-refractivity contribution in [3.8, 4) is 22.6 Å². The van der Waals surface area contributed by atoms with Crippen molar-refractivity contribution in [1.82, 2.24) is 0 Å².